The van der Waals surface area contributed by atoms with Crippen molar-refractivity contribution >= 4 is 11.9 Å². The summed E-state index contributed by atoms with van der Waals surface area (Å²) in [6.07, 6.45) is 0. The number of hydrogen-bond acceptors (Lipinski definition) is 6. The van der Waals surface area contributed by atoms with Gasteiger partial charge in [-0.15, -0.1) is 5.10 Å². The zero-order chi connectivity index (χ0) is 12.8. The first-order valence-corrected chi connectivity index (χ1v) is 5.63. The van der Waals surface area contributed by atoms with E-state index in [4.69, 9.17) is 4.42 Å². The van der Waals surface area contributed by atoms with Gasteiger partial charge in [0.1, 0.15) is 6.04 Å². The van der Waals surface area contributed by atoms with Crippen molar-refractivity contribution in [3.8, 4) is 0 Å². The summed E-state index contributed by atoms with van der Waals surface area (Å²) in [7, 11) is 1.80. The van der Waals surface area contributed by atoms with E-state index in [-0.39, 0.29) is 18.0 Å². The van der Waals surface area contributed by atoms with Crippen LogP contribution < -0.4 is 16.0 Å². The van der Waals surface area contributed by atoms with Crippen molar-refractivity contribution in [2.75, 3.05) is 18.9 Å². The lowest BCUT2D eigenvalue weighted by atomic mass is 10.3. The van der Waals surface area contributed by atoms with E-state index in [0.717, 1.165) is 0 Å². The monoisotopic (exact) mass is 241 g/mol. The van der Waals surface area contributed by atoms with Crippen LogP contribution in [0.3, 0.4) is 0 Å². The molecule has 0 saturated heterocycles. The number of amides is 1. The van der Waals surface area contributed by atoms with Gasteiger partial charge in [-0.25, -0.2) is 0 Å². The van der Waals surface area contributed by atoms with Crippen molar-refractivity contribution in [3.05, 3.63) is 5.89 Å². The van der Waals surface area contributed by atoms with Gasteiger partial charge in [-0.1, -0.05) is 5.10 Å². The summed E-state index contributed by atoms with van der Waals surface area (Å²) in [4.78, 5) is 11.5. The van der Waals surface area contributed by atoms with Crippen LogP contribution in [0.15, 0.2) is 4.42 Å². The van der Waals surface area contributed by atoms with Crippen molar-refractivity contribution < 1.29 is 9.21 Å². The van der Waals surface area contributed by atoms with Gasteiger partial charge >= 0.3 is 6.01 Å². The zero-order valence-corrected chi connectivity index (χ0v) is 10.6. The first-order valence-electron chi connectivity index (χ1n) is 5.63. The summed E-state index contributed by atoms with van der Waals surface area (Å²) in [6.45, 7) is 6.10. The van der Waals surface area contributed by atoms with Crippen molar-refractivity contribution in [1.29, 1.82) is 0 Å². The first kappa shape index (κ1) is 13.4. The molecule has 1 rings (SSSR count). The number of anilines is 1. The lowest BCUT2D eigenvalue weighted by Gasteiger charge is -2.10. The van der Waals surface area contributed by atoms with Crippen molar-refractivity contribution in [3.63, 3.8) is 0 Å². The molecule has 2 atom stereocenters. The Morgan fingerprint density at radius 2 is 2.12 bits per heavy atom. The summed E-state index contributed by atoms with van der Waals surface area (Å²) in [6, 6.07) is -0.174. The molecule has 1 heterocycles. The molecule has 17 heavy (non-hydrogen) atoms. The van der Waals surface area contributed by atoms with Gasteiger partial charge in [0.15, 0.2) is 0 Å². The molecule has 0 spiro atoms. The summed E-state index contributed by atoms with van der Waals surface area (Å²) >= 11 is 0. The molecule has 0 bridgehead atoms. The van der Waals surface area contributed by atoms with Gasteiger partial charge in [-0.3, -0.25) is 4.79 Å². The maximum absolute atomic E-state index is 11.5. The van der Waals surface area contributed by atoms with E-state index < -0.39 is 6.04 Å². The summed E-state index contributed by atoms with van der Waals surface area (Å²) in [5.41, 5.74) is 0. The van der Waals surface area contributed by atoms with Crippen LogP contribution in [0.5, 0.6) is 0 Å². The SMILES string of the molecule is CCNC(=O)C(C)Nc1nnc(C(C)NC)o1. The highest BCUT2D eigenvalue weighted by molar-refractivity contribution is 5.83. The molecule has 1 aromatic rings. The van der Waals surface area contributed by atoms with Crippen LogP contribution in [-0.4, -0.2) is 35.7 Å². The third-order valence-corrected chi connectivity index (χ3v) is 2.33. The molecule has 2 unspecified atom stereocenters. The summed E-state index contributed by atoms with van der Waals surface area (Å²) < 4.78 is 5.36. The van der Waals surface area contributed by atoms with Crippen LogP contribution in [-0.2, 0) is 4.79 Å². The molecule has 0 saturated carbocycles. The van der Waals surface area contributed by atoms with Gasteiger partial charge < -0.3 is 20.4 Å². The summed E-state index contributed by atoms with van der Waals surface area (Å²) in [5, 5.41) is 16.2. The minimum absolute atomic E-state index is 0.0159. The molecule has 3 N–H and O–H groups in total. The standard InChI is InChI=1S/C10H19N5O2/c1-5-12-8(16)6(2)13-10-15-14-9(17-10)7(3)11-4/h6-7,11H,5H2,1-4H3,(H,12,16)(H,13,15). The molecular formula is C10H19N5O2. The Kier molecular flexibility index (Phi) is 4.89. The first-order chi connectivity index (χ1) is 8.08. The van der Waals surface area contributed by atoms with Gasteiger partial charge in [-0.05, 0) is 27.8 Å². The number of nitrogens with one attached hydrogen (secondary N) is 3. The lowest BCUT2D eigenvalue weighted by Crippen LogP contribution is -2.37. The molecule has 0 aliphatic rings. The number of hydrogen-bond donors (Lipinski definition) is 3. The number of aromatic nitrogens is 2. The second kappa shape index (κ2) is 6.19. The van der Waals surface area contributed by atoms with Crippen molar-refractivity contribution in [2.45, 2.75) is 32.9 Å². The largest absolute Gasteiger partial charge is 0.406 e. The number of nitrogens with zero attached hydrogens (tertiary/aromatic N) is 2. The predicted octanol–water partition coefficient (Wildman–Crippen LogP) is 0.286. The van der Waals surface area contributed by atoms with E-state index >= 15 is 0 Å². The maximum atomic E-state index is 11.5. The molecule has 0 aliphatic heterocycles. The Hall–Kier alpha value is -1.63. The highest BCUT2D eigenvalue weighted by atomic mass is 16.4. The second-order valence-corrected chi connectivity index (χ2v) is 3.72. The van der Waals surface area contributed by atoms with Gasteiger partial charge in [0.25, 0.3) is 0 Å². The average Bonchev–Trinajstić information content (AvgIpc) is 2.76. The van der Waals surface area contributed by atoms with Crippen LogP contribution >= 0.6 is 0 Å². The molecule has 7 nitrogen and oxygen atoms in total. The highest BCUT2D eigenvalue weighted by Crippen LogP contribution is 2.13. The van der Waals surface area contributed by atoms with Gasteiger partial charge in [0.05, 0.1) is 6.04 Å². The van der Waals surface area contributed by atoms with Crippen LogP contribution in [0.2, 0.25) is 0 Å². The quantitative estimate of drug-likeness (QED) is 0.663. The van der Waals surface area contributed by atoms with Gasteiger partial charge in [-0.2, -0.15) is 0 Å². The molecule has 0 aliphatic carbocycles. The molecule has 96 valence electrons. The van der Waals surface area contributed by atoms with Crippen LogP contribution in [0.25, 0.3) is 0 Å². The lowest BCUT2D eigenvalue weighted by molar-refractivity contribution is -0.121. The Morgan fingerprint density at radius 1 is 1.41 bits per heavy atom. The number of likely N-dealkylation sites (N-methyl/N-ethyl adjacent to an activating group) is 1. The van der Waals surface area contributed by atoms with E-state index in [1.165, 1.54) is 0 Å². The topological polar surface area (TPSA) is 92.1 Å². The van der Waals surface area contributed by atoms with Gasteiger partial charge in [0.2, 0.25) is 11.8 Å². The fourth-order valence-electron chi connectivity index (χ4n) is 1.17. The van der Waals surface area contributed by atoms with Crippen LogP contribution in [0, 0.1) is 0 Å². The van der Waals surface area contributed by atoms with E-state index in [9.17, 15) is 4.79 Å². The summed E-state index contributed by atoms with van der Waals surface area (Å²) in [5.74, 6) is 0.381. The molecule has 7 heteroatoms. The fourth-order valence-corrected chi connectivity index (χ4v) is 1.17. The number of carbonyl (C=O) groups excluding carboxylic acids is 1. The third kappa shape index (κ3) is 3.70. The zero-order valence-electron chi connectivity index (χ0n) is 10.6. The minimum atomic E-state index is -0.409. The predicted molar refractivity (Wildman–Crippen MR) is 63.5 cm³/mol. The van der Waals surface area contributed by atoms with E-state index in [1.807, 2.05) is 13.8 Å². The fraction of sp³-hybridized carbons (Fsp3) is 0.700. The molecule has 0 radical (unpaired) electrons. The third-order valence-electron chi connectivity index (χ3n) is 2.33. The molecule has 1 aromatic heterocycles. The van der Waals surface area contributed by atoms with Crippen molar-refractivity contribution in [2.24, 2.45) is 0 Å². The normalized spacial score (nSPS) is 14.1. The number of rotatable bonds is 6. The smallest absolute Gasteiger partial charge is 0.316 e. The van der Waals surface area contributed by atoms with Crippen molar-refractivity contribution in [1.82, 2.24) is 20.8 Å². The van der Waals surface area contributed by atoms with E-state index in [0.29, 0.717) is 12.4 Å². The Bertz CT molecular complexity index is 365. The van der Waals surface area contributed by atoms with Gasteiger partial charge in [0, 0.05) is 6.54 Å². The molecule has 0 fully saturated rings. The Morgan fingerprint density at radius 3 is 2.71 bits per heavy atom. The van der Waals surface area contributed by atoms with E-state index in [1.54, 1.807) is 14.0 Å². The molecular weight excluding hydrogens is 222 g/mol. The Balaban J connectivity index is 2.57. The second-order valence-electron chi connectivity index (χ2n) is 3.72. The molecule has 1 amide bonds. The average molecular weight is 241 g/mol. The highest BCUT2D eigenvalue weighted by Gasteiger charge is 2.16. The van der Waals surface area contributed by atoms with Crippen LogP contribution in [0.1, 0.15) is 32.7 Å². The molecule has 0 aromatic carbocycles. The maximum Gasteiger partial charge on any atom is 0.316 e. The van der Waals surface area contributed by atoms with E-state index in [2.05, 4.69) is 26.1 Å². The van der Waals surface area contributed by atoms with Crippen LogP contribution in [0.4, 0.5) is 6.01 Å². The number of carbonyl (C=O) groups is 1. The minimum Gasteiger partial charge on any atom is -0.406 e. The Labute approximate surface area is 100 Å².